The van der Waals surface area contributed by atoms with Gasteiger partial charge in [0.05, 0.1) is 5.70 Å². The fourth-order valence-electron chi connectivity index (χ4n) is 0.638. The fraction of sp³-hybridized carbons (Fsp3) is 0.273. The molecule has 4 heteroatoms. The highest BCUT2D eigenvalue weighted by Gasteiger charge is 1.93. The molecule has 3 N–H and O–H groups in total. The summed E-state index contributed by atoms with van der Waals surface area (Å²) < 4.78 is 0. The summed E-state index contributed by atoms with van der Waals surface area (Å²) in [5, 5.41) is 2.90. The number of nitrogens with one attached hydrogen (secondary N) is 1. The van der Waals surface area contributed by atoms with Crippen molar-refractivity contribution in [2.75, 3.05) is 7.05 Å². The van der Waals surface area contributed by atoms with Crippen LogP contribution in [-0.4, -0.2) is 19.1 Å². The van der Waals surface area contributed by atoms with E-state index in [9.17, 15) is 0 Å². The van der Waals surface area contributed by atoms with Crippen molar-refractivity contribution in [3.05, 3.63) is 37.3 Å². The summed E-state index contributed by atoms with van der Waals surface area (Å²) in [6, 6.07) is 0. The topological polar surface area (TPSA) is 62.8 Å². The van der Waals surface area contributed by atoms with Crippen LogP contribution in [0.1, 0.15) is 13.8 Å². The third-order valence-corrected chi connectivity index (χ3v) is 1.14. The van der Waals surface area contributed by atoms with E-state index in [1.807, 2.05) is 13.8 Å². The summed E-state index contributed by atoms with van der Waals surface area (Å²) in [6.07, 6.45) is 5.97. The second-order valence-corrected chi connectivity index (χ2v) is 2.04. The number of hydrogen-bond acceptors (Lipinski definition) is 3. The molecule has 0 rings (SSSR count). The highest BCUT2D eigenvalue weighted by atomic mass is 15.0. The van der Waals surface area contributed by atoms with Crippen molar-refractivity contribution in [1.82, 2.24) is 5.32 Å². The number of rotatable bonds is 4. The molecule has 15 heavy (non-hydrogen) atoms. The van der Waals surface area contributed by atoms with Gasteiger partial charge in [0.25, 0.3) is 0 Å². The van der Waals surface area contributed by atoms with Crippen molar-refractivity contribution in [2.24, 2.45) is 15.7 Å². The Labute approximate surface area is 92.0 Å². The summed E-state index contributed by atoms with van der Waals surface area (Å²) in [6.45, 7) is 11.0. The molecule has 0 fully saturated rings. The first-order chi connectivity index (χ1) is 7.28. The second-order valence-electron chi connectivity index (χ2n) is 2.04. The van der Waals surface area contributed by atoms with E-state index in [0.29, 0.717) is 11.5 Å². The molecule has 0 atom stereocenters. The van der Waals surface area contributed by atoms with Crippen LogP contribution in [0.15, 0.2) is 47.3 Å². The lowest BCUT2D eigenvalue weighted by Crippen LogP contribution is -2.22. The van der Waals surface area contributed by atoms with Gasteiger partial charge in [-0.05, 0) is 6.08 Å². The first-order valence-electron chi connectivity index (χ1n) is 4.70. The van der Waals surface area contributed by atoms with E-state index in [2.05, 4.69) is 28.5 Å². The van der Waals surface area contributed by atoms with Crippen LogP contribution in [0.5, 0.6) is 0 Å². The number of nitrogens with zero attached hydrogens (tertiary/aromatic N) is 2. The van der Waals surface area contributed by atoms with E-state index in [-0.39, 0.29) is 0 Å². The van der Waals surface area contributed by atoms with Crippen molar-refractivity contribution < 1.29 is 0 Å². The molecule has 0 amide bonds. The molecule has 0 unspecified atom stereocenters. The van der Waals surface area contributed by atoms with Crippen LogP contribution >= 0.6 is 0 Å². The molecule has 0 radical (unpaired) electrons. The minimum atomic E-state index is 0.576. The zero-order valence-electron chi connectivity index (χ0n) is 9.70. The fourth-order valence-corrected chi connectivity index (χ4v) is 0.638. The van der Waals surface area contributed by atoms with Crippen molar-refractivity contribution in [1.29, 1.82) is 0 Å². The maximum absolute atomic E-state index is 5.33. The van der Waals surface area contributed by atoms with Crippen LogP contribution in [0, 0.1) is 0 Å². The van der Waals surface area contributed by atoms with Crippen LogP contribution in [0.4, 0.5) is 0 Å². The number of hydrogen-bond donors (Lipinski definition) is 2. The van der Waals surface area contributed by atoms with Gasteiger partial charge in [0.15, 0.2) is 0 Å². The Morgan fingerprint density at radius 1 is 1.33 bits per heavy atom. The standard InChI is InChI=1S/C9H14N4.C2H6/c1-4-9(12-5-2)13-8(6-10)7-11-3;1-2/h4-7H,1-2,10H2,3H3,(H,12,13);1-2H3/b8-6+,11-7?;. The molecule has 0 spiro atoms. The van der Waals surface area contributed by atoms with Gasteiger partial charge in [-0.3, -0.25) is 4.99 Å². The van der Waals surface area contributed by atoms with Crippen LogP contribution in [0.25, 0.3) is 0 Å². The number of nitrogens with two attached hydrogens (primary N) is 1. The lowest BCUT2D eigenvalue weighted by Gasteiger charge is -2.03. The molecule has 0 aliphatic heterocycles. The van der Waals surface area contributed by atoms with E-state index >= 15 is 0 Å². The van der Waals surface area contributed by atoms with Gasteiger partial charge >= 0.3 is 0 Å². The zero-order valence-corrected chi connectivity index (χ0v) is 9.70. The molecule has 4 nitrogen and oxygen atoms in total. The predicted octanol–water partition coefficient (Wildman–Crippen LogP) is 1.83. The number of aliphatic imine (C=N–C) groups is 2. The summed E-state index contributed by atoms with van der Waals surface area (Å²) >= 11 is 0. The summed E-state index contributed by atoms with van der Waals surface area (Å²) in [5.41, 5.74) is 5.98. The molecule has 0 saturated heterocycles. The molecule has 84 valence electrons. The third kappa shape index (κ3) is 8.49. The van der Waals surface area contributed by atoms with Gasteiger partial charge in [0.2, 0.25) is 0 Å². The van der Waals surface area contributed by atoms with Gasteiger partial charge in [-0.1, -0.05) is 27.0 Å². The van der Waals surface area contributed by atoms with Crippen molar-refractivity contribution in [2.45, 2.75) is 13.8 Å². The first-order valence-corrected chi connectivity index (χ1v) is 4.70. The zero-order chi connectivity index (χ0) is 12.1. The summed E-state index contributed by atoms with van der Waals surface area (Å²) in [7, 11) is 1.66. The Balaban J connectivity index is 0. The lowest BCUT2D eigenvalue weighted by molar-refractivity contribution is 1.19. The van der Waals surface area contributed by atoms with E-state index < -0.39 is 0 Å². The smallest absolute Gasteiger partial charge is 0.129 e. The van der Waals surface area contributed by atoms with Gasteiger partial charge < -0.3 is 11.1 Å². The Morgan fingerprint density at radius 2 is 1.93 bits per heavy atom. The molecule has 0 aliphatic rings. The van der Waals surface area contributed by atoms with Crippen LogP contribution in [0.2, 0.25) is 0 Å². The lowest BCUT2D eigenvalue weighted by atomic mass is 10.4. The van der Waals surface area contributed by atoms with Crippen molar-refractivity contribution in [3.8, 4) is 0 Å². The Kier molecular flexibility index (Phi) is 12.7. The minimum Gasteiger partial charge on any atom is -0.403 e. The average molecular weight is 208 g/mol. The maximum atomic E-state index is 5.33. The minimum absolute atomic E-state index is 0.576. The molecule has 0 aromatic rings. The van der Waals surface area contributed by atoms with E-state index in [1.54, 1.807) is 19.3 Å². The number of allylic oxidation sites excluding steroid dienone is 1. The Hall–Kier alpha value is -1.84. The largest absolute Gasteiger partial charge is 0.403 e. The van der Waals surface area contributed by atoms with Gasteiger partial charge in [-0.2, -0.15) is 0 Å². The van der Waals surface area contributed by atoms with Crippen molar-refractivity contribution in [3.63, 3.8) is 0 Å². The Morgan fingerprint density at radius 3 is 2.27 bits per heavy atom. The van der Waals surface area contributed by atoms with Gasteiger partial charge in [-0.25, -0.2) is 4.99 Å². The molecule has 0 bridgehead atoms. The highest BCUT2D eigenvalue weighted by molar-refractivity contribution is 5.97. The molecule has 0 saturated carbocycles. The van der Waals surface area contributed by atoms with E-state index in [1.165, 1.54) is 12.4 Å². The van der Waals surface area contributed by atoms with Gasteiger partial charge in [0, 0.05) is 25.7 Å². The van der Waals surface area contributed by atoms with Gasteiger partial charge in [-0.15, -0.1) is 0 Å². The van der Waals surface area contributed by atoms with E-state index in [4.69, 9.17) is 5.73 Å². The summed E-state index contributed by atoms with van der Waals surface area (Å²) in [5.74, 6) is 0.576. The van der Waals surface area contributed by atoms with Crippen LogP contribution < -0.4 is 11.1 Å². The Bertz CT molecular complexity index is 262. The second kappa shape index (κ2) is 12.2. The maximum Gasteiger partial charge on any atom is 0.129 e. The van der Waals surface area contributed by atoms with Crippen LogP contribution in [0.3, 0.4) is 0 Å². The monoisotopic (exact) mass is 208 g/mol. The molecule has 0 aliphatic carbocycles. The molecule has 0 aromatic carbocycles. The normalized spacial score (nSPS) is 11.7. The molecular weight excluding hydrogens is 188 g/mol. The highest BCUT2D eigenvalue weighted by Crippen LogP contribution is 1.85. The first kappa shape index (κ1) is 15.6. The molecule has 0 heterocycles. The van der Waals surface area contributed by atoms with Crippen LogP contribution in [-0.2, 0) is 0 Å². The van der Waals surface area contributed by atoms with E-state index in [0.717, 1.165) is 0 Å². The summed E-state index contributed by atoms with van der Waals surface area (Å²) in [4.78, 5) is 7.71. The molecular formula is C11H20N4. The molecule has 0 aromatic heterocycles. The quantitative estimate of drug-likeness (QED) is 0.547. The SMILES string of the molecule is C=CN=C(C=C)N/C(C=NC)=C/N.CC. The number of amidine groups is 1. The average Bonchev–Trinajstić information content (AvgIpc) is 2.30. The van der Waals surface area contributed by atoms with Gasteiger partial charge in [0.1, 0.15) is 5.84 Å². The third-order valence-electron chi connectivity index (χ3n) is 1.14. The predicted molar refractivity (Wildman–Crippen MR) is 69.0 cm³/mol. The van der Waals surface area contributed by atoms with Crippen molar-refractivity contribution >= 4 is 12.1 Å².